The molecule has 20 heavy (non-hydrogen) atoms. The van der Waals surface area contributed by atoms with E-state index in [0.717, 1.165) is 24.4 Å². The minimum atomic E-state index is 0.139. The van der Waals surface area contributed by atoms with E-state index in [4.69, 9.17) is 10.5 Å². The lowest BCUT2D eigenvalue weighted by atomic mass is 10.2. The van der Waals surface area contributed by atoms with Crippen LogP contribution in [0.2, 0.25) is 0 Å². The Hall–Kier alpha value is -2.17. The molecule has 0 bridgehead atoms. The Kier molecular flexibility index (Phi) is 4.50. The molecule has 0 saturated heterocycles. The van der Waals surface area contributed by atoms with Crippen molar-refractivity contribution < 1.29 is 4.74 Å². The van der Waals surface area contributed by atoms with Crippen LogP contribution >= 0.6 is 0 Å². The topological polar surface area (TPSA) is 65.1 Å². The van der Waals surface area contributed by atoms with Crippen LogP contribution in [-0.4, -0.2) is 22.4 Å². The van der Waals surface area contributed by atoms with Gasteiger partial charge in [-0.05, 0) is 31.9 Å². The quantitative estimate of drug-likeness (QED) is 0.794. The minimum Gasteiger partial charge on any atom is -0.491 e. The highest BCUT2D eigenvalue weighted by molar-refractivity contribution is 5.59. The molecule has 1 heterocycles. The SMILES string of the molecule is CC(C)Oc1cc(N)cc(NCCc2cnn(C)c2)c1. The van der Waals surface area contributed by atoms with E-state index in [2.05, 4.69) is 10.4 Å². The Bertz CT molecular complexity index is 563. The molecule has 0 radical (unpaired) electrons. The number of nitrogens with one attached hydrogen (secondary N) is 1. The third-order valence-electron chi connectivity index (χ3n) is 2.80. The van der Waals surface area contributed by atoms with E-state index in [9.17, 15) is 0 Å². The van der Waals surface area contributed by atoms with Gasteiger partial charge in [0.1, 0.15) is 5.75 Å². The number of nitrogens with zero attached hydrogens (tertiary/aromatic N) is 2. The highest BCUT2D eigenvalue weighted by Crippen LogP contribution is 2.23. The number of nitrogens with two attached hydrogens (primary N) is 1. The van der Waals surface area contributed by atoms with Crippen molar-refractivity contribution in [3.8, 4) is 5.75 Å². The molecule has 0 atom stereocenters. The molecule has 0 aliphatic heterocycles. The average Bonchev–Trinajstić information content (AvgIpc) is 2.73. The van der Waals surface area contributed by atoms with Gasteiger partial charge in [0.25, 0.3) is 0 Å². The van der Waals surface area contributed by atoms with Gasteiger partial charge in [0.15, 0.2) is 0 Å². The Balaban J connectivity index is 1.93. The van der Waals surface area contributed by atoms with E-state index in [0.29, 0.717) is 5.69 Å². The molecule has 0 aliphatic rings. The monoisotopic (exact) mass is 274 g/mol. The maximum atomic E-state index is 5.89. The largest absolute Gasteiger partial charge is 0.491 e. The summed E-state index contributed by atoms with van der Waals surface area (Å²) >= 11 is 0. The molecule has 0 aliphatic carbocycles. The van der Waals surface area contributed by atoms with Crippen LogP contribution in [-0.2, 0) is 13.5 Å². The number of benzene rings is 1. The zero-order valence-corrected chi connectivity index (χ0v) is 12.3. The Morgan fingerprint density at radius 2 is 2.15 bits per heavy atom. The van der Waals surface area contributed by atoms with Gasteiger partial charge in [-0.2, -0.15) is 5.10 Å². The van der Waals surface area contributed by atoms with Gasteiger partial charge in [0.05, 0.1) is 12.3 Å². The lowest BCUT2D eigenvalue weighted by molar-refractivity contribution is 0.242. The lowest BCUT2D eigenvalue weighted by Gasteiger charge is -2.13. The molecule has 0 fully saturated rings. The first-order chi connectivity index (χ1) is 9.52. The number of rotatable bonds is 6. The van der Waals surface area contributed by atoms with Crippen molar-refractivity contribution in [1.82, 2.24) is 9.78 Å². The zero-order valence-electron chi connectivity index (χ0n) is 12.3. The maximum absolute atomic E-state index is 5.89. The van der Waals surface area contributed by atoms with Crippen LogP contribution in [0.3, 0.4) is 0 Å². The Morgan fingerprint density at radius 3 is 2.80 bits per heavy atom. The van der Waals surface area contributed by atoms with Gasteiger partial charge in [0.2, 0.25) is 0 Å². The molecule has 1 aromatic carbocycles. The van der Waals surface area contributed by atoms with Gasteiger partial charge >= 0.3 is 0 Å². The third-order valence-corrected chi connectivity index (χ3v) is 2.80. The summed E-state index contributed by atoms with van der Waals surface area (Å²) in [6.07, 6.45) is 4.96. The molecule has 108 valence electrons. The van der Waals surface area contributed by atoms with Crippen molar-refractivity contribution in [3.63, 3.8) is 0 Å². The Labute approximate surface area is 119 Å². The number of aromatic nitrogens is 2. The molecule has 5 heteroatoms. The third kappa shape index (κ3) is 4.19. The van der Waals surface area contributed by atoms with E-state index in [-0.39, 0.29) is 6.10 Å². The fourth-order valence-electron chi connectivity index (χ4n) is 2.02. The molecule has 0 unspecified atom stereocenters. The van der Waals surface area contributed by atoms with Crippen LogP contribution in [0.25, 0.3) is 0 Å². The highest BCUT2D eigenvalue weighted by atomic mass is 16.5. The molecular weight excluding hydrogens is 252 g/mol. The second-order valence-electron chi connectivity index (χ2n) is 5.16. The summed E-state index contributed by atoms with van der Waals surface area (Å²) in [4.78, 5) is 0. The van der Waals surface area contributed by atoms with Crippen LogP contribution in [0.4, 0.5) is 11.4 Å². The first-order valence-electron chi connectivity index (χ1n) is 6.81. The van der Waals surface area contributed by atoms with E-state index in [1.807, 2.05) is 56.2 Å². The van der Waals surface area contributed by atoms with Crippen molar-refractivity contribution in [3.05, 3.63) is 36.2 Å². The summed E-state index contributed by atoms with van der Waals surface area (Å²) < 4.78 is 7.48. The summed E-state index contributed by atoms with van der Waals surface area (Å²) in [5, 5.41) is 7.51. The van der Waals surface area contributed by atoms with Crippen molar-refractivity contribution in [2.24, 2.45) is 7.05 Å². The van der Waals surface area contributed by atoms with E-state index in [1.165, 1.54) is 5.56 Å². The second kappa shape index (κ2) is 6.32. The standard InChI is InChI=1S/C15H22N4O/c1-11(2)20-15-7-13(16)6-14(8-15)17-5-4-12-9-18-19(3)10-12/h6-11,17H,4-5,16H2,1-3H3. The number of nitrogen functional groups attached to an aromatic ring is 1. The van der Waals surface area contributed by atoms with Crippen LogP contribution < -0.4 is 15.8 Å². The minimum absolute atomic E-state index is 0.139. The fourth-order valence-corrected chi connectivity index (χ4v) is 2.02. The smallest absolute Gasteiger partial charge is 0.123 e. The van der Waals surface area contributed by atoms with E-state index >= 15 is 0 Å². The zero-order chi connectivity index (χ0) is 14.5. The molecule has 3 N–H and O–H groups in total. The predicted molar refractivity (Wildman–Crippen MR) is 82.0 cm³/mol. The first kappa shape index (κ1) is 14.2. The number of aryl methyl sites for hydroxylation is 1. The number of hydrogen-bond acceptors (Lipinski definition) is 4. The van der Waals surface area contributed by atoms with Gasteiger partial charge in [-0.25, -0.2) is 0 Å². The lowest BCUT2D eigenvalue weighted by Crippen LogP contribution is -2.08. The van der Waals surface area contributed by atoms with Crippen LogP contribution in [0.5, 0.6) is 5.75 Å². The van der Waals surface area contributed by atoms with Crippen molar-refractivity contribution in [2.45, 2.75) is 26.4 Å². The number of hydrogen-bond donors (Lipinski definition) is 2. The highest BCUT2D eigenvalue weighted by Gasteiger charge is 2.03. The maximum Gasteiger partial charge on any atom is 0.123 e. The van der Waals surface area contributed by atoms with Crippen LogP contribution in [0.1, 0.15) is 19.4 Å². The van der Waals surface area contributed by atoms with E-state index < -0.39 is 0 Å². The molecule has 2 rings (SSSR count). The van der Waals surface area contributed by atoms with Crippen molar-refractivity contribution in [1.29, 1.82) is 0 Å². The van der Waals surface area contributed by atoms with E-state index in [1.54, 1.807) is 0 Å². The number of anilines is 2. The van der Waals surface area contributed by atoms with Crippen molar-refractivity contribution in [2.75, 3.05) is 17.6 Å². The molecule has 0 spiro atoms. The van der Waals surface area contributed by atoms with Crippen molar-refractivity contribution >= 4 is 11.4 Å². The molecule has 2 aromatic rings. The van der Waals surface area contributed by atoms with Gasteiger partial charge in [0, 0.05) is 43.3 Å². The van der Waals surface area contributed by atoms with Crippen LogP contribution in [0, 0.1) is 0 Å². The normalized spacial score (nSPS) is 10.8. The fraction of sp³-hybridized carbons (Fsp3) is 0.400. The van der Waals surface area contributed by atoms with Gasteiger partial charge in [-0.1, -0.05) is 0 Å². The first-order valence-corrected chi connectivity index (χ1v) is 6.81. The van der Waals surface area contributed by atoms with Gasteiger partial charge < -0.3 is 15.8 Å². The van der Waals surface area contributed by atoms with Crippen LogP contribution in [0.15, 0.2) is 30.6 Å². The summed E-state index contributed by atoms with van der Waals surface area (Å²) in [7, 11) is 1.92. The summed E-state index contributed by atoms with van der Waals surface area (Å²) in [5.74, 6) is 0.795. The molecular formula is C15H22N4O. The summed E-state index contributed by atoms with van der Waals surface area (Å²) in [5.41, 5.74) is 8.78. The van der Waals surface area contributed by atoms with Gasteiger partial charge in [-0.15, -0.1) is 0 Å². The molecule has 1 aromatic heterocycles. The predicted octanol–water partition coefficient (Wildman–Crippen LogP) is 2.44. The summed E-state index contributed by atoms with van der Waals surface area (Å²) in [6.45, 7) is 4.83. The molecule has 0 saturated carbocycles. The average molecular weight is 274 g/mol. The summed E-state index contributed by atoms with van der Waals surface area (Å²) in [6, 6.07) is 5.72. The molecule has 0 amide bonds. The van der Waals surface area contributed by atoms with Gasteiger partial charge in [-0.3, -0.25) is 4.68 Å². The second-order valence-corrected chi connectivity index (χ2v) is 5.16. The number of ether oxygens (including phenoxy) is 1. The Morgan fingerprint density at radius 1 is 1.35 bits per heavy atom. The molecule has 5 nitrogen and oxygen atoms in total.